The van der Waals surface area contributed by atoms with E-state index in [1.807, 2.05) is 6.92 Å². The van der Waals surface area contributed by atoms with E-state index in [1.165, 1.54) is 0 Å². The summed E-state index contributed by atoms with van der Waals surface area (Å²) in [6, 6.07) is 0. The zero-order valence-corrected chi connectivity index (χ0v) is 10.1. The molecule has 1 N–H and O–H groups in total. The molecule has 0 aromatic heterocycles. The van der Waals surface area contributed by atoms with Crippen LogP contribution in [0.25, 0.3) is 0 Å². The molecule has 0 saturated carbocycles. The summed E-state index contributed by atoms with van der Waals surface area (Å²) in [5.41, 5.74) is 0.963. The lowest BCUT2D eigenvalue weighted by Gasteiger charge is -2.08. The molecule has 0 aliphatic rings. The molecule has 17 heavy (non-hydrogen) atoms. The molecule has 0 aliphatic carbocycles. The standard InChI is InChI=1S/C11H20F3NO2/c1-10(2)8-16-7-5-15-4-3-6-17-9-11(12,13)14/h15H,1,3-9H2,2H3. The van der Waals surface area contributed by atoms with E-state index >= 15 is 0 Å². The van der Waals surface area contributed by atoms with Gasteiger partial charge in [-0.15, -0.1) is 0 Å². The number of rotatable bonds is 10. The van der Waals surface area contributed by atoms with Crippen LogP contribution in [-0.4, -0.2) is 45.7 Å². The van der Waals surface area contributed by atoms with Crippen molar-refractivity contribution in [1.82, 2.24) is 5.32 Å². The molecule has 0 aromatic rings. The van der Waals surface area contributed by atoms with Gasteiger partial charge in [-0.25, -0.2) is 0 Å². The van der Waals surface area contributed by atoms with Gasteiger partial charge in [0.15, 0.2) is 0 Å². The third-order valence-corrected chi connectivity index (χ3v) is 1.68. The highest BCUT2D eigenvalue weighted by Gasteiger charge is 2.26. The van der Waals surface area contributed by atoms with Crippen molar-refractivity contribution in [1.29, 1.82) is 0 Å². The predicted octanol–water partition coefficient (Wildman–Crippen LogP) is 2.14. The molecule has 102 valence electrons. The third-order valence-electron chi connectivity index (χ3n) is 1.68. The summed E-state index contributed by atoms with van der Waals surface area (Å²) in [6.45, 7) is 6.90. The normalized spacial score (nSPS) is 11.8. The van der Waals surface area contributed by atoms with Crippen LogP contribution in [0.15, 0.2) is 12.2 Å². The monoisotopic (exact) mass is 255 g/mol. The fourth-order valence-electron chi connectivity index (χ4n) is 1.00. The zero-order valence-electron chi connectivity index (χ0n) is 10.1. The molecule has 0 heterocycles. The fraction of sp³-hybridized carbons (Fsp3) is 0.818. The molecule has 0 aliphatic heterocycles. The Morgan fingerprint density at radius 2 is 1.88 bits per heavy atom. The average molecular weight is 255 g/mol. The second kappa shape index (κ2) is 9.44. The number of hydrogen-bond donors (Lipinski definition) is 1. The van der Waals surface area contributed by atoms with Gasteiger partial charge >= 0.3 is 6.18 Å². The minimum Gasteiger partial charge on any atom is -0.376 e. The summed E-state index contributed by atoms with van der Waals surface area (Å²) >= 11 is 0. The molecule has 0 bridgehead atoms. The van der Waals surface area contributed by atoms with Gasteiger partial charge in [0.05, 0.1) is 13.2 Å². The quantitative estimate of drug-likeness (QED) is 0.479. The molecule has 0 radical (unpaired) electrons. The lowest BCUT2D eigenvalue weighted by molar-refractivity contribution is -0.173. The fourth-order valence-corrected chi connectivity index (χ4v) is 1.00. The lowest BCUT2D eigenvalue weighted by atomic mass is 10.4. The van der Waals surface area contributed by atoms with Crippen LogP contribution >= 0.6 is 0 Å². The topological polar surface area (TPSA) is 30.5 Å². The second-order valence-corrected chi connectivity index (χ2v) is 3.78. The van der Waals surface area contributed by atoms with E-state index in [0.717, 1.165) is 5.57 Å². The Bertz CT molecular complexity index is 207. The van der Waals surface area contributed by atoms with Crippen LogP contribution in [0.3, 0.4) is 0 Å². The van der Waals surface area contributed by atoms with Gasteiger partial charge < -0.3 is 14.8 Å². The molecule has 0 amide bonds. The first-order valence-corrected chi connectivity index (χ1v) is 5.49. The molecule has 0 fully saturated rings. The summed E-state index contributed by atoms with van der Waals surface area (Å²) in [4.78, 5) is 0. The molecule has 0 unspecified atom stereocenters. The highest BCUT2D eigenvalue weighted by Crippen LogP contribution is 2.14. The van der Waals surface area contributed by atoms with Crippen molar-refractivity contribution in [2.75, 3.05) is 39.5 Å². The number of alkyl halides is 3. The summed E-state index contributed by atoms with van der Waals surface area (Å²) in [5, 5.41) is 3.04. The number of nitrogens with one attached hydrogen (secondary N) is 1. The molecule has 6 heteroatoms. The van der Waals surface area contributed by atoms with Gasteiger partial charge in [0, 0.05) is 13.2 Å². The third kappa shape index (κ3) is 15.4. The lowest BCUT2D eigenvalue weighted by Crippen LogP contribution is -2.23. The Kier molecular flexibility index (Phi) is 9.11. The maximum absolute atomic E-state index is 11.7. The second-order valence-electron chi connectivity index (χ2n) is 3.78. The minimum absolute atomic E-state index is 0.110. The molecule has 0 spiro atoms. The van der Waals surface area contributed by atoms with Crippen molar-refractivity contribution in [2.24, 2.45) is 0 Å². The molecule has 0 rings (SSSR count). The van der Waals surface area contributed by atoms with Gasteiger partial charge in [0.1, 0.15) is 6.61 Å². The molecular formula is C11H20F3NO2. The van der Waals surface area contributed by atoms with Gasteiger partial charge in [-0.2, -0.15) is 13.2 Å². The van der Waals surface area contributed by atoms with Crippen molar-refractivity contribution in [3.8, 4) is 0 Å². The highest BCUT2D eigenvalue weighted by atomic mass is 19.4. The SMILES string of the molecule is C=C(C)COCCNCCCOCC(F)(F)F. The Balaban J connectivity index is 3.06. The maximum atomic E-state index is 11.7. The van der Waals surface area contributed by atoms with Crippen LogP contribution in [0.4, 0.5) is 13.2 Å². The largest absolute Gasteiger partial charge is 0.411 e. The van der Waals surface area contributed by atoms with Gasteiger partial charge in [0.2, 0.25) is 0 Å². The Morgan fingerprint density at radius 3 is 2.47 bits per heavy atom. The summed E-state index contributed by atoms with van der Waals surface area (Å²) in [6.07, 6.45) is -3.68. The van der Waals surface area contributed by atoms with E-state index < -0.39 is 12.8 Å². The van der Waals surface area contributed by atoms with Gasteiger partial charge in [0.25, 0.3) is 0 Å². The molecule has 0 saturated heterocycles. The number of hydrogen-bond acceptors (Lipinski definition) is 3. The summed E-state index contributed by atoms with van der Waals surface area (Å²) in [7, 11) is 0. The van der Waals surface area contributed by atoms with Crippen LogP contribution in [0, 0.1) is 0 Å². The molecule has 0 atom stereocenters. The van der Waals surface area contributed by atoms with Gasteiger partial charge in [-0.1, -0.05) is 12.2 Å². The Labute approximate surface area is 100.0 Å². The van der Waals surface area contributed by atoms with E-state index in [-0.39, 0.29) is 6.61 Å². The van der Waals surface area contributed by atoms with E-state index in [9.17, 15) is 13.2 Å². The molecule has 3 nitrogen and oxygen atoms in total. The van der Waals surface area contributed by atoms with Crippen LogP contribution in [0.5, 0.6) is 0 Å². The molecular weight excluding hydrogens is 235 g/mol. The first-order valence-electron chi connectivity index (χ1n) is 5.49. The zero-order chi connectivity index (χ0) is 13.1. The number of halogens is 3. The Hall–Kier alpha value is -0.590. The van der Waals surface area contributed by atoms with E-state index in [4.69, 9.17) is 4.74 Å². The average Bonchev–Trinajstić information content (AvgIpc) is 2.18. The van der Waals surface area contributed by atoms with Crippen molar-refractivity contribution in [2.45, 2.75) is 19.5 Å². The van der Waals surface area contributed by atoms with Gasteiger partial charge in [-0.3, -0.25) is 0 Å². The smallest absolute Gasteiger partial charge is 0.376 e. The van der Waals surface area contributed by atoms with Crippen LogP contribution in [-0.2, 0) is 9.47 Å². The summed E-state index contributed by atoms with van der Waals surface area (Å²) in [5.74, 6) is 0. The Morgan fingerprint density at radius 1 is 1.18 bits per heavy atom. The van der Waals surface area contributed by atoms with Crippen molar-refractivity contribution in [3.63, 3.8) is 0 Å². The highest BCUT2D eigenvalue weighted by molar-refractivity contribution is 4.87. The van der Waals surface area contributed by atoms with Crippen molar-refractivity contribution >= 4 is 0 Å². The minimum atomic E-state index is -4.23. The van der Waals surface area contributed by atoms with Gasteiger partial charge in [-0.05, 0) is 19.9 Å². The van der Waals surface area contributed by atoms with E-state index in [1.54, 1.807) is 0 Å². The molecule has 0 aromatic carbocycles. The van der Waals surface area contributed by atoms with Crippen LogP contribution < -0.4 is 5.32 Å². The first kappa shape index (κ1) is 16.4. The van der Waals surface area contributed by atoms with Crippen molar-refractivity contribution < 1.29 is 22.6 Å². The first-order chi connectivity index (χ1) is 7.92. The van der Waals surface area contributed by atoms with E-state index in [0.29, 0.717) is 32.7 Å². The number of ether oxygens (including phenoxy) is 2. The maximum Gasteiger partial charge on any atom is 0.411 e. The summed E-state index contributed by atoms with van der Waals surface area (Å²) < 4.78 is 44.7. The van der Waals surface area contributed by atoms with E-state index in [2.05, 4.69) is 16.6 Å². The predicted molar refractivity (Wildman–Crippen MR) is 60.0 cm³/mol. The van der Waals surface area contributed by atoms with Crippen LogP contribution in [0.2, 0.25) is 0 Å². The van der Waals surface area contributed by atoms with Crippen molar-refractivity contribution in [3.05, 3.63) is 12.2 Å². The van der Waals surface area contributed by atoms with Crippen LogP contribution in [0.1, 0.15) is 13.3 Å².